The van der Waals surface area contributed by atoms with Gasteiger partial charge in [-0.25, -0.2) is 0 Å². The van der Waals surface area contributed by atoms with E-state index in [0.29, 0.717) is 32.1 Å². The molecule has 7 nitrogen and oxygen atoms in total. The summed E-state index contributed by atoms with van der Waals surface area (Å²) in [5, 5.41) is 3.99. The second-order valence-electron chi connectivity index (χ2n) is 7.27. The van der Waals surface area contributed by atoms with Crippen molar-refractivity contribution >= 4 is 17.7 Å². The fraction of sp³-hybridized carbons (Fsp3) is 0.571. The molecule has 0 bridgehead atoms. The van der Waals surface area contributed by atoms with Gasteiger partial charge >= 0.3 is 58.2 Å². The molecule has 0 unspecified atom stereocenters. The van der Waals surface area contributed by atoms with E-state index in [4.69, 9.17) is 9.47 Å². The van der Waals surface area contributed by atoms with E-state index < -0.39 is 0 Å². The Balaban J connectivity index is 0.00000420. The minimum atomic E-state index is -0.293. The zero-order valence-electron chi connectivity index (χ0n) is 17.7. The number of benzene rings is 1. The predicted octanol–water partition coefficient (Wildman–Crippen LogP) is -0.528. The molecule has 3 amide bonds. The predicted molar refractivity (Wildman–Crippen MR) is 105 cm³/mol. The van der Waals surface area contributed by atoms with Gasteiger partial charge in [0.1, 0.15) is 0 Å². The van der Waals surface area contributed by atoms with Crippen LogP contribution in [0.15, 0.2) is 24.3 Å². The summed E-state index contributed by atoms with van der Waals surface area (Å²) in [4.78, 5) is 36.2. The molecule has 0 aliphatic carbocycles. The maximum Gasteiger partial charge on any atom is 1.00 e. The minimum Gasteiger partial charge on any atom is -0.648 e. The van der Waals surface area contributed by atoms with Crippen LogP contribution >= 0.6 is 0 Å². The summed E-state index contributed by atoms with van der Waals surface area (Å²) in [5.41, 5.74) is 1.72. The number of nitrogens with zero attached hydrogens (tertiary/aromatic N) is 2. The van der Waals surface area contributed by atoms with Crippen molar-refractivity contribution in [2.24, 2.45) is 5.92 Å². The topological polar surface area (TPSA) is 87.0 Å². The molecule has 0 aromatic heterocycles. The number of hydrogen-bond acceptors (Lipinski definition) is 5. The van der Waals surface area contributed by atoms with Crippen molar-refractivity contribution < 1.29 is 82.0 Å². The molecule has 0 N–H and O–H groups in total. The Labute approximate surface area is 221 Å². The third kappa shape index (κ3) is 10.4. The van der Waals surface area contributed by atoms with E-state index in [2.05, 4.69) is 19.2 Å². The normalized spacial score (nSPS) is 13.1. The number of carbonyl (C=O) groups is 3. The van der Waals surface area contributed by atoms with Crippen LogP contribution in [0.25, 0.3) is 5.32 Å². The van der Waals surface area contributed by atoms with Gasteiger partial charge in [-0.1, -0.05) is 43.7 Å². The zero-order chi connectivity index (χ0) is 20.4. The van der Waals surface area contributed by atoms with Crippen LogP contribution < -0.4 is 58.2 Å². The van der Waals surface area contributed by atoms with Gasteiger partial charge in [0, 0.05) is 32.8 Å². The molecule has 0 spiro atoms. The van der Waals surface area contributed by atoms with Crippen LogP contribution in [-0.2, 0) is 36.8 Å². The molecule has 0 radical (unpaired) electrons. The maximum atomic E-state index is 11.9. The summed E-state index contributed by atoms with van der Waals surface area (Å²) >= 11 is 0. The summed E-state index contributed by atoms with van der Waals surface area (Å²) in [7, 11) is 0. The maximum absolute atomic E-state index is 11.9. The Morgan fingerprint density at radius 3 is 2.34 bits per heavy atom. The molecule has 8 heteroatoms. The van der Waals surface area contributed by atoms with E-state index in [-0.39, 0.29) is 95.5 Å². The van der Waals surface area contributed by atoms with Crippen molar-refractivity contribution in [2.45, 2.75) is 39.7 Å². The van der Waals surface area contributed by atoms with Crippen LogP contribution in [0.3, 0.4) is 0 Å². The van der Waals surface area contributed by atoms with Crippen LogP contribution in [0.2, 0.25) is 0 Å². The second-order valence-corrected chi connectivity index (χ2v) is 7.27. The summed E-state index contributed by atoms with van der Waals surface area (Å²) in [6, 6.07) is 7.32. The number of rotatable bonds is 12. The number of likely N-dealkylation sites (tertiary alicyclic amines) is 1. The molecule has 1 aromatic rings. The van der Waals surface area contributed by atoms with E-state index in [1.54, 1.807) is 0 Å². The van der Waals surface area contributed by atoms with Gasteiger partial charge in [0.05, 0.1) is 18.9 Å². The summed E-state index contributed by atoms with van der Waals surface area (Å²) in [6.45, 7) is 6.80. The van der Waals surface area contributed by atoms with Crippen molar-refractivity contribution in [3.05, 3.63) is 40.7 Å². The fourth-order valence-electron chi connectivity index (χ4n) is 2.58. The van der Waals surface area contributed by atoms with Gasteiger partial charge in [-0.3, -0.25) is 14.5 Å². The van der Waals surface area contributed by atoms with Crippen LogP contribution in [0.1, 0.15) is 37.8 Å². The van der Waals surface area contributed by atoms with Gasteiger partial charge < -0.3 is 19.6 Å². The Bertz CT molecular complexity index is 664. The van der Waals surface area contributed by atoms with Gasteiger partial charge in [0.25, 0.3) is 0 Å². The van der Waals surface area contributed by atoms with Gasteiger partial charge in [-0.15, -0.1) is 6.54 Å². The van der Waals surface area contributed by atoms with E-state index in [0.717, 1.165) is 24.2 Å². The van der Waals surface area contributed by atoms with Crippen molar-refractivity contribution in [2.75, 3.05) is 33.0 Å². The van der Waals surface area contributed by atoms with E-state index >= 15 is 0 Å². The molecule has 0 saturated carbocycles. The second kappa shape index (κ2) is 14.5. The SMILES string of the molecule is CC(C)COCCCOCC(=O)[N-]Cc1ccc(CC(=O)N2CCC2=O)cc1.[Rb+]. The van der Waals surface area contributed by atoms with E-state index in [9.17, 15) is 14.4 Å². The molecule has 1 aliphatic rings. The molecule has 29 heavy (non-hydrogen) atoms. The Morgan fingerprint density at radius 1 is 1.10 bits per heavy atom. The first-order valence-corrected chi connectivity index (χ1v) is 9.72. The smallest absolute Gasteiger partial charge is 0.648 e. The van der Waals surface area contributed by atoms with Crippen molar-refractivity contribution in [1.82, 2.24) is 4.90 Å². The van der Waals surface area contributed by atoms with Crippen molar-refractivity contribution in [3.63, 3.8) is 0 Å². The molecular formula is C21H29N2O5Rb. The van der Waals surface area contributed by atoms with Gasteiger partial charge in [0.2, 0.25) is 11.8 Å². The van der Waals surface area contributed by atoms with E-state index in [1.807, 2.05) is 24.3 Å². The summed E-state index contributed by atoms with van der Waals surface area (Å²) in [5.74, 6) is -0.0564. The number of carbonyl (C=O) groups excluding carboxylic acids is 3. The van der Waals surface area contributed by atoms with E-state index in [1.165, 1.54) is 4.90 Å². The number of β-lactam (4-membered cyclic amide) rings is 1. The monoisotopic (exact) mass is 474 g/mol. The molecule has 1 aromatic carbocycles. The number of amides is 3. The molecule has 0 atom stereocenters. The third-order valence-electron chi connectivity index (χ3n) is 4.22. The minimum absolute atomic E-state index is 0. The first kappa shape index (κ1) is 26.6. The Hall–Kier alpha value is -0.445. The number of imide groups is 1. The molecule has 1 heterocycles. The molecule has 1 fully saturated rings. The molecular weight excluding hydrogens is 446 g/mol. The van der Waals surface area contributed by atoms with Gasteiger partial charge in [0.15, 0.2) is 0 Å². The molecule has 1 saturated heterocycles. The first-order chi connectivity index (χ1) is 13.5. The summed E-state index contributed by atoms with van der Waals surface area (Å²) < 4.78 is 10.7. The van der Waals surface area contributed by atoms with Crippen LogP contribution in [0.4, 0.5) is 0 Å². The molecule has 2 rings (SSSR count). The van der Waals surface area contributed by atoms with Crippen LogP contribution in [0.5, 0.6) is 0 Å². The quantitative estimate of drug-likeness (QED) is 0.300. The first-order valence-electron chi connectivity index (χ1n) is 9.72. The van der Waals surface area contributed by atoms with Crippen LogP contribution in [-0.4, -0.2) is 55.6 Å². The number of ether oxygens (including phenoxy) is 2. The van der Waals surface area contributed by atoms with Gasteiger partial charge in [-0.05, 0) is 17.9 Å². The van der Waals surface area contributed by atoms with Crippen molar-refractivity contribution in [1.29, 1.82) is 0 Å². The average molecular weight is 475 g/mol. The molecule has 1 aliphatic heterocycles. The third-order valence-corrected chi connectivity index (χ3v) is 4.22. The standard InChI is InChI=1S/C21H30N2O5.Rb/c1-16(2)14-27-10-3-11-28-15-19(24)22-13-18-6-4-17(5-7-18)12-21(26)23-9-8-20(23)25;/h4-7,16H,3,8-15H2,1-2H3,(H,22,24);/q;+1/p-1. The molecule has 154 valence electrons. The zero-order valence-corrected chi connectivity index (χ0v) is 22.6. The van der Waals surface area contributed by atoms with Crippen molar-refractivity contribution in [3.8, 4) is 0 Å². The largest absolute Gasteiger partial charge is 1.00 e. The van der Waals surface area contributed by atoms with Crippen LogP contribution in [0, 0.1) is 5.92 Å². The summed E-state index contributed by atoms with van der Waals surface area (Å²) in [6.07, 6.45) is 1.41. The van der Waals surface area contributed by atoms with Gasteiger partial charge in [-0.2, -0.15) is 0 Å². The number of hydrogen-bond donors (Lipinski definition) is 0. The fourth-order valence-corrected chi connectivity index (χ4v) is 2.58. The Morgan fingerprint density at radius 2 is 1.76 bits per heavy atom. The Kier molecular flexibility index (Phi) is 13.3. The average Bonchev–Trinajstić information content (AvgIpc) is 2.65.